The summed E-state index contributed by atoms with van der Waals surface area (Å²) in [6.07, 6.45) is 105. The molecule has 470 valence electrons. The molecule has 0 saturated heterocycles. The molecule has 0 aromatic heterocycles. The second-order valence-electron chi connectivity index (χ2n) is 23.2. The number of unbranched alkanes of at least 4 members (excludes halogenated alkanes) is 36. The molecule has 82 heavy (non-hydrogen) atoms. The summed E-state index contributed by atoms with van der Waals surface area (Å²) in [5.41, 5.74) is 0. The average molecular weight is 1140 g/mol. The second-order valence-corrected chi connectivity index (χ2v) is 23.2. The van der Waals surface area contributed by atoms with Crippen LogP contribution in [0.2, 0.25) is 0 Å². The SMILES string of the molecule is CC/C=C\C/C=C\C/C=C\C/C=C\C/C=C\C/C=C\C/C=C\C/C=C\C/C=C\C/C=C\CCCCC(=O)OC(CO)COC(=O)CCCCCCCCCCCCCCCCCCCCCCCCCCCCCCCCCCCCC. The van der Waals surface area contributed by atoms with Crippen molar-refractivity contribution in [2.75, 3.05) is 13.2 Å². The number of carbonyl (C=O) groups excluding carboxylic acids is 2. The van der Waals surface area contributed by atoms with Gasteiger partial charge in [0.05, 0.1) is 6.61 Å². The van der Waals surface area contributed by atoms with E-state index in [0.717, 1.165) is 103 Å². The van der Waals surface area contributed by atoms with Crippen molar-refractivity contribution in [1.82, 2.24) is 0 Å². The number of carbonyl (C=O) groups is 2. The summed E-state index contributed by atoms with van der Waals surface area (Å²) in [5.74, 6) is -0.637. The molecule has 0 aromatic rings. The minimum absolute atomic E-state index is 0.0877. The van der Waals surface area contributed by atoms with E-state index < -0.39 is 6.10 Å². The van der Waals surface area contributed by atoms with Gasteiger partial charge in [-0.3, -0.25) is 9.59 Å². The summed E-state index contributed by atoms with van der Waals surface area (Å²) in [5, 5.41) is 9.69. The molecule has 1 N–H and O–H groups in total. The van der Waals surface area contributed by atoms with Crippen LogP contribution in [0, 0.1) is 0 Å². The number of esters is 2. The lowest BCUT2D eigenvalue weighted by molar-refractivity contribution is -0.161. The third-order valence-corrected chi connectivity index (χ3v) is 15.3. The summed E-state index contributed by atoms with van der Waals surface area (Å²) in [4.78, 5) is 24.6. The standard InChI is InChI=1S/C77H132O5/c1-3-5-7-9-11-13-15-17-19-21-23-25-27-29-31-33-35-37-38-40-41-43-45-47-49-51-53-55-57-59-61-63-65-67-69-71-76(79)81-74-75(73-78)82-77(80)72-70-68-66-64-62-60-58-56-54-52-50-48-46-44-42-39-36-34-32-30-28-26-24-22-20-18-16-14-12-10-8-6-4-2/h6,8,12,14,18,20,24,26,30,32,36,39,44,46,50,52,56,58,62,64,75,78H,3-5,7,9-11,13,15-17,19,21-23,25,27-29,31,33-35,37-38,40-43,45,47-49,51,53-55,57,59-61,63,65-74H2,1-2H3/b8-6-,14-12-,20-18-,26-24-,32-30-,39-36-,46-44-,52-50-,58-56-,64-62-. The van der Waals surface area contributed by atoms with Crippen molar-refractivity contribution in [3.8, 4) is 0 Å². The molecule has 0 fully saturated rings. The number of ether oxygens (including phenoxy) is 2. The molecule has 5 heteroatoms. The molecule has 0 heterocycles. The normalized spacial score (nSPS) is 13.0. The molecule has 0 aliphatic carbocycles. The first-order valence-electron chi connectivity index (χ1n) is 35.1. The van der Waals surface area contributed by atoms with Crippen LogP contribution in [0.3, 0.4) is 0 Å². The van der Waals surface area contributed by atoms with Gasteiger partial charge in [0.2, 0.25) is 0 Å². The highest BCUT2D eigenvalue weighted by molar-refractivity contribution is 5.70. The van der Waals surface area contributed by atoms with E-state index in [2.05, 4.69) is 135 Å². The van der Waals surface area contributed by atoms with E-state index in [9.17, 15) is 14.7 Å². The zero-order valence-corrected chi connectivity index (χ0v) is 54.0. The lowest BCUT2D eigenvalue weighted by Crippen LogP contribution is -2.28. The molecule has 1 atom stereocenters. The van der Waals surface area contributed by atoms with E-state index in [4.69, 9.17) is 9.47 Å². The first kappa shape index (κ1) is 78.3. The number of hydrogen-bond acceptors (Lipinski definition) is 5. The monoisotopic (exact) mass is 1140 g/mol. The van der Waals surface area contributed by atoms with Crippen LogP contribution in [0.4, 0.5) is 0 Å². The Hall–Kier alpha value is -3.70. The fraction of sp³-hybridized carbons (Fsp3) is 0.714. The van der Waals surface area contributed by atoms with Gasteiger partial charge in [0.15, 0.2) is 6.10 Å². The van der Waals surface area contributed by atoms with Gasteiger partial charge in [-0.1, -0.05) is 354 Å². The second kappa shape index (κ2) is 71.6. The van der Waals surface area contributed by atoms with E-state index in [1.165, 1.54) is 205 Å². The zero-order valence-electron chi connectivity index (χ0n) is 54.0. The predicted molar refractivity (Wildman–Crippen MR) is 362 cm³/mol. The topological polar surface area (TPSA) is 72.8 Å². The van der Waals surface area contributed by atoms with Crippen LogP contribution in [0.15, 0.2) is 122 Å². The molecule has 5 nitrogen and oxygen atoms in total. The van der Waals surface area contributed by atoms with Crippen molar-refractivity contribution in [2.24, 2.45) is 0 Å². The van der Waals surface area contributed by atoms with Gasteiger partial charge in [0.1, 0.15) is 6.61 Å². The Bertz CT molecular complexity index is 1620. The minimum atomic E-state index is -0.804. The van der Waals surface area contributed by atoms with E-state index in [-0.39, 0.29) is 25.2 Å². The first-order valence-corrected chi connectivity index (χ1v) is 35.1. The first-order chi connectivity index (χ1) is 40.6. The number of aliphatic hydroxyl groups excluding tert-OH is 1. The average Bonchev–Trinajstić information content (AvgIpc) is 3.49. The lowest BCUT2D eigenvalue weighted by atomic mass is 10.0. The molecule has 0 radical (unpaired) electrons. The fourth-order valence-electron chi connectivity index (χ4n) is 10.1. The molecular weight excluding hydrogens is 1000 g/mol. The molecule has 0 aliphatic rings. The van der Waals surface area contributed by atoms with Crippen LogP contribution < -0.4 is 0 Å². The summed E-state index contributed by atoms with van der Waals surface area (Å²) in [6, 6.07) is 0. The van der Waals surface area contributed by atoms with E-state index in [0.29, 0.717) is 12.8 Å². The number of aliphatic hydroxyl groups is 1. The van der Waals surface area contributed by atoms with Gasteiger partial charge < -0.3 is 14.6 Å². The summed E-state index contributed by atoms with van der Waals surface area (Å²) in [6.45, 7) is 4.02. The molecule has 0 saturated carbocycles. The molecule has 0 amide bonds. The van der Waals surface area contributed by atoms with Gasteiger partial charge in [-0.15, -0.1) is 0 Å². The smallest absolute Gasteiger partial charge is 0.306 e. The Balaban J connectivity index is 3.53. The van der Waals surface area contributed by atoms with Gasteiger partial charge in [0, 0.05) is 12.8 Å². The fourth-order valence-corrected chi connectivity index (χ4v) is 10.1. The van der Waals surface area contributed by atoms with Crippen LogP contribution in [0.25, 0.3) is 0 Å². The van der Waals surface area contributed by atoms with Crippen LogP contribution in [-0.4, -0.2) is 36.4 Å². The largest absolute Gasteiger partial charge is 0.462 e. The number of rotatable bonds is 64. The molecule has 0 spiro atoms. The molecule has 0 aromatic carbocycles. The number of hydrogen-bond donors (Lipinski definition) is 1. The van der Waals surface area contributed by atoms with Gasteiger partial charge in [-0.2, -0.15) is 0 Å². The highest BCUT2D eigenvalue weighted by Crippen LogP contribution is 2.18. The Morgan fingerprint density at radius 1 is 0.293 bits per heavy atom. The van der Waals surface area contributed by atoms with Crippen molar-refractivity contribution < 1.29 is 24.2 Å². The van der Waals surface area contributed by atoms with Crippen molar-refractivity contribution in [3.05, 3.63) is 122 Å². The lowest BCUT2D eigenvalue weighted by Gasteiger charge is -2.15. The Morgan fingerprint density at radius 2 is 0.524 bits per heavy atom. The van der Waals surface area contributed by atoms with Crippen LogP contribution in [0.1, 0.15) is 335 Å². The third-order valence-electron chi connectivity index (χ3n) is 15.3. The van der Waals surface area contributed by atoms with Gasteiger partial charge in [-0.25, -0.2) is 0 Å². The highest BCUT2D eigenvalue weighted by atomic mass is 16.6. The summed E-state index contributed by atoms with van der Waals surface area (Å²) < 4.78 is 10.7. The van der Waals surface area contributed by atoms with Gasteiger partial charge in [-0.05, 0) is 89.9 Å². The van der Waals surface area contributed by atoms with Crippen molar-refractivity contribution >= 4 is 11.9 Å². The van der Waals surface area contributed by atoms with Crippen LogP contribution in [0.5, 0.6) is 0 Å². The van der Waals surface area contributed by atoms with E-state index >= 15 is 0 Å². The maximum Gasteiger partial charge on any atom is 0.306 e. The Labute approximate surface area is 509 Å². The molecule has 1 unspecified atom stereocenters. The van der Waals surface area contributed by atoms with Crippen LogP contribution in [-0.2, 0) is 19.1 Å². The zero-order chi connectivity index (χ0) is 59.1. The van der Waals surface area contributed by atoms with Crippen LogP contribution >= 0.6 is 0 Å². The number of allylic oxidation sites excluding steroid dienone is 20. The Kier molecular flexibility index (Phi) is 68.3. The Morgan fingerprint density at radius 3 is 0.793 bits per heavy atom. The van der Waals surface area contributed by atoms with Crippen molar-refractivity contribution in [1.29, 1.82) is 0 Å². The molecule has 0 aliphatic heterocycles. The highest BCUT2D eigenvalue weighted by Gasteiger charge is 2.16. The maximum absolute atomic E-state index is 12.3. The predicted octanol–water partition coefficient (Wildman–Crippen LogP) is 24.5. The summed E-state index contributed by atoms with van der Waals surface area (Å²) >= 11 is 0. The molecule has 0 bridgehead atoms. The minimum Gasteiger partial charge on any atom is -0.462 e. The molecule has 0 rings (SSSR count). The quantitative estimate of drug-likeness (QED) is 0.0373. The van der Waals surface area contributed by atoms with Crippen molar-refractivity contribution in [2.45, 2.75) is 341 Å². The third kappa shape index (κ3) is 68.8. The molecular formula is C77H132O5. The van der Waals surface area contributed by atoms with E-state index in [1.54, 1.807) is 0 Å². The van der Waals surface area contributed by atoms with Crippen molar-refractivity contribution in [3.63, 3.8) is 0 Å². The van der Waals surface area contributed by atoms with Gasteiger partial charge in [0.25, 0.3) is 0 Å². The van der Waals surface area contributed by atoms with E-state index in [1.807, 2.05) is 0 Å². The maximum atomic E-state index is 12.3. The van der Waals surface area contributed by atoms with Gasteiger partial charge >= 0.3 is 11.9 Å². The summed E-state index contributed by atoms with van der Waals surface area (Å²) in [7, 11) is 0.